The van der Waals surface area contributed by atoms with Crippen LogP contribution in [0.4, 0.5) is 0 Å². The molecule has 2 saturated heterocycles. The van der Waals surface area contributed by atoms with Gasteiger partial charge in [0.1, 0.15) is 0 Å². The number of aryl methyl sites for hydroxylation is 1. The summed E-state index contributed by atoms with van der Waals surface area (Å²) in [5.41, 5.74) is 1.31. The van der Waals surface area contributed by atoms with Crippen molar-refractivity contribution in [1.29, 1.82) is 0 Å². The van der Waals surface area contributed by atoms with Gasteiger partial charge in [-0.15, -0.1) is 12.4 Å². The van der Waals surface area contributed by atoms with Crippen molar-refractivity contribution in [3.63, 3.8) is 0 Å². The fourth-order valence-electron chi connectivity index (χ4n) is 3.53. The lowest BCUT2D eigenvalue weighted by atomic mass is 10.1. The van der Waals surface area contributed by atoms with E-state index in [0.29, 0.717) is 31.7 Å². The lowest BCUT2D eigenvalue weighted by Gasteiger charge is -2.32. The van der Waals surface area contributed by atoms with Crippen LogP contribution in [0.5, 0.6) is 0 Å². The average molecular weight is 402 g/mol. The van der Waals surface area contributed by atoms with Crippen LogP contribution in [0.3, 0.4) is 0 Å². The number of amides is 1. The molecule has 0 aromatic heterocycles. The maximum Gasteiger partial charge on any atom is 0.254 e. The predicted octanol–water partition coefficient (Wildman–Crippen LogP) is 2.03. The van der Waals surface area contributed by atoms with Crippen LogP contribution < -0.4 is 5.32 Å². The Morgan fingerprint density at radius 1 is 1.15 bits per heavy atom. The van der Waals surface area contributed by atoms with Crippen LogP contribution in [0.2, 0.25) is 0 Å². The van der Waals surface area contributed by atoms with Gasteiger partial charge in [-0.05, 0) is 44.4 Å². The third kappa shape index (κ3) is 4.39. The highest BCUT2D eigenvalue weighted by atomic mass is 35.5. The fraction of sp³-hybridized carbons (Fsp3) is 0.611. The second kappa shape index (κ2) is 8.69. The summed E-state index contributed by atoms with van der Waals surface area (Å²) < 4.78 is 27.3. The van der Waals surface area contributed by atoms with Crippen molar-refractivity contribution < 1.29 is 13.2 Å². The third-order valence-corrected chi connectivity index (χ3v) is 6.94. The molecule has 1 N–H and O–H groups in total. The number of rotatable bonds is 3. The van der Waals surface area contributed by atoms with E-state index in [1.807, 2.05) is 13.8 Å². The molecule has 1 amide bonds. The molecule has 3 rings (SSSR count). The number of nitrogens with one attached hydrogen (secondary N) is 1. The van der Waals surface area contributed by atoms with E-state index in [9.17, 15) is 13.2 Å². The summed E-state index contributed by atoms with van der Waals surface area (Å²) in [6.07, 6.45) is 2.87. The second-order valence-corrected chi connectivity index (χ2v) is 8.99. The molecule has 2 aliphatic heterocycles. The first kappa shape index (κ1) is 21.2. The smallest absolute Gasteiger partial charge is 0.254 e. The van der Waals surface area contributed by atoms with Gasteiger partial charge < -0.3 is 10.2 Å². The number of benzene rings is 1. The topological polar surface area (TPSA) is 69.7 Å². The molecule has 6 nitrogen and oxygen atoms in total. The average Bonchev–Trinajstić information content (AvgIpc) is 2.62. The number of piperazine rings is 1. The molecule has 1 aromatic carbocycles. The van der Waals surface area contributed by atoms with Crippen molar-refractivity contribution in [2.75, 3.05) is 32.7 Å². The van der Waals surface area contributed by atoms with Crippen LogP contribution in [0, 0.1) is 6.92 Å². The molecule has 2 heterocycles. The van der Waals surface area contributed by atoms with E-state index in [-0.39, 0.29) is 29.3 Å². The Bertz CT molecular complexity index is 748. The summed E-state index contributed by atoms with van der Waals surface area (Å²) >= 11 is 0. The molecule has 0 aliphatic carbocycles. The van der Waals surface area contributed by atoms with Crippen LogP contribution >= 0.6 is 12.4 Å². The van der Waals surface area contributed by atoms with E-state index < -0.39 is 10.0 Å². The first-order valence-electron chi connectivity index (χ1n) is 9.03. The van der Waals surface area contributed by atoms with Crippen molar-refractivity contribution in [1.82, 2.24) is 14.5 Å². The molecule has 146 valence electrons. The Morgan fingerprint density at radius 3 is 2.50 bits per heavy atom. The maximum absolute atomic E-state index is 12.9. The quantitative estimate of drug-likeness (QED) is 0.841. The minimum absolute atomic E-state index is 0. The summed E-state index contributed by atoms with van der Waals surface area (Å²) in [4.78, 5) is 14.9. The van der Waals surface area contributed by atoms with Crippen molar-refractivity contribution >= 4 is 28.3 Å². The molecular formula is C18H28ClN3O3S. The zero-order chi connectivity index (χ0) is 18.0. The number of sulfonamides is 1. The highest BCUT2D eigenvalue weighted by Crippen LogP contribution is 2.23. The normalized spacial score (nSPS) is 21.9. The molecule has 1 atom stereocenters. The molecule has 1 aromatic rings. The Morgan fingerprint density at radius 2 is 1.85 bits per heavy atom. The standard InChI is InChI=1S/C18H27N3O3S.ClH/c1-14-6-7-16(25(23,24)21-9-4-3-5-10-21)12-17(14)18(22)20-11-8-19-15(2)13-20;/h6-7,12,15,19H,3-5,8-11,13H2,1-2H3;1H. The Kier molecular flexibility index (Phi) is 7.07. The second-order valence-electron chi connectivity index (χ2n) is 7.05. The largest absolute Gasteiger partial charge is 0.336 e. The number of hydrogen-bond donors (Lipinski definition) is 1. The van der Waals surface area contributed by atoms with Crippen molar-refractivity contribution in [2.45, 2.75) is 44.0 Å². The molecule has 0 spiro atoms. The third-order valence-electron chi connectivity index (χ3n) is 5.05. The summed E-state index contributed by atoms with van der Waals surface area (Å²) in [7, 11) is -3.53. The first-order valence-corrected chi connectivity index (χ1v) is 10.5. The summed E-state index contributed by atoms with van der Waals surface area (Å²) in [5.74, 6) is -0.0819. The molecule has 0 bridgehead atoms. The minimum atomic E-state index is -3.53. The van der Waals surface area contributed by atoms with Gasteiger partial charge in [0, 0.05) is 44.3 Å². The van der Waals surface area contributed by atoms with Crippen LogP contribution in [0.15, 0.2) is 23.1 Å². The van der Waals surface area contributed by atoms with Gasteiger partial charge in [-0.25, -0.2) is 8.42 Å². The van der Waals surface area contributed by atoms with E-state index in [1.165, 1.54) is 0 Å². The number of nitrogens with zero attached hydrogens (tertiary/aromatic N) is 2. The summed E-state index contributed by atoms with van der Waals surface area (Å²) in [5, 5.41) is 3.32. The molecule has 26 heavy (non-hydrogen) atoms. The molecule has 1 unspecified atom stereocenters. The van der Waals surface area contributed by atoms with Gasteiger partial charge in [0.15, 0.2) is 0 Å². The number of hydrogen-bond acceptors (Lipinski definition) is 4. The van der Waals surface area contributed by atoms with E-state index in [4.69, 9.17) is 0 Å². The van der Waals surface area contributed by atoms with E-state index in [2.05, 4.69) is 5.32 Å². The molecule has 2 fully saturated rings. The number of piperidine rings is 1. The van der Waals surface area contributed by atoms with Gasteiger partial charge in [0.2, 0.25) is 10.0 Å². The fourth-order valence-corrected chi connectivity index (χ4v) is 5.08. The first-order chi connectivity index (χ1) is 11.9. The van der Waals surface area contributed by atoms with Gasteiger partial charge in [-0.1, -0.05) is 12.5 Å². The Labute approximate surface area is 162 Å². The van der Waals surface area contributed by atoms with Crippen molar-refractivity contribution in [3.05, 3.63) is 29.3 Å². The molecular weight excluding hydrogens is 374 g/mol. The lowest BCUT2D eigenvalue weighted by molar-refractivity contribution is 0.0708. The van der Waals surface area contributed by atoms with E-state index in [0.717, 1.165) is 31.4 Å². The highest BCUT2D eigenvalue weighted by molar-refractivity contribution is 7.89. The van der Waals surface area contributed by atoms with Crippen molar-refractivity contribution in [3.8, 4) is 0 Å². The van der Waals surface area contributed by atoms with Crippen LogP contribution in [0.1, 0.15) is 42.1 Å². The summed E-state index contributed by atoms with van der Waals surface area (Å²) in [6, 6.07) is 5.18. The van der Waals surface area contributed by atoms with E-state index in [1.54, 1.807) is 27.4 Å². The lowest BCUT2D eigenvalue weighted by Crippen LogP contribution is -2.51. The zero-order valence-electron chi connectivity index (χ0n) is 15.4. The van der Waals surface area contributed by atoms with Gasteiger partial charge in [-0.3, -0.25) is 4.79 Å². The molecule has 0 radical (unpaired) electrons. The zero-order valence-corrected chi connectivity index (χ0v) is 17.0. The number of carbonyl (C=O) groups is 1. The summed E-state index contributed by atoms with van der Waals surface area (Å²) in [6.45, 7) is 7.08. The van der Waals surface area contributed by atoms with E-state index >= 15 is 0 Å². The monoisotopic (exact) mass is 401 g/mol. The molecule has 2 aliphatic rings. The molecule has 0 saturated carbocycles. The Hall–Kier alpha value is -1.15. The maximum atomic E-state index is 12.9. The van der Waals surface area contributed by atoms with Crippen LogP contribution in [-0.4, -0.2) is 62.3 Å². The Balaban J connectivity index is 0.00000243. The minimum Gasteiger partial charge on any atom is -0.336 e. The van der Waals surface area contributed by atoms with Gasteiger partial charge in [-0.2, -0.15) is 4.31 Å². The van der Waals surface area contributed by atoms with Gasteiger partial charge in [0.25, 0.3) is 5.91 Å². The number of halogens is 1. The predicted molar refractivity (Wildman–Crippen MR) is 104 cm³/mol. The SMILES string of the molecule is Cc1ccc(S(=O)(=O)N2CCCCC2)cc1C(=O)N1CCNC(C)C1.Cl. The van der Waals surface area contributed by atoms with Crippen LogP contribution in [-0.2, 0) is 10.0 Å². The van der Waals surface area contributed by atoms with Gasteiger partial charge >= 0.3 is 0 Å². The van der Waals surface area contributed by atoms with Gasteiger partial charge in [0.05, 0.1) is 4.90 Å². The van der Waals surface area contributed by atoms with Crippen molar-refractivity contribution in [2.24, 2.45) is 0 Å². The highest BCUT2D eigenvalue weighted by Gasteiger charge is 2.28. The number of carbonyl (C=O) groups excluding carboxylic acids is 1. The van der Waals surface area contributed by atoms with Crippen LogP contribution in [0.25, 0.3) is 0 Å². The molecule has 8 heteroatoms.